The van der Waals surface area contributed by atoms with E-state index in [0.29, 0.717) is 38.4 Å². The van der Waals surface area contributed by atoms with Crippen LogP contribution < -0.4 is 16.0 Å². The molecule has 0 aliphatic heterocycles. The third kappa shape index (κ3) is 7.64. The Bertz CT molecular complexity index is 460. The Morgan fingerprint density at radius 1 is 1.00 bits per heavy atom. The first-order valence-corrected chi connectivity index (χ1v) is 7.57. The van der Waals surface area contributed by atoms with Crippen molar-refractivity contribution in [3.8, 4) is 0 Å². The van der Waals surface area contributed by atoms with Gasteiger partial charge in [-0.3, -0.25) is 4.79 Å². The first kappa shape index (κ1) is 18.0. The predicted molar refractivity (Wildman–Crippen MR) is 86.0 cm³/mol. The van der Waals surface area contributed by atoms with Crippen molar-refractivity contribution in [2.24, 2.45) is 0 Å². The Morgan fingerprint density at radius 2 is 1.64 bits per heavy atom. The van der Waals surface area contributed by atoms with E-state index in [1.807, 2.05) is 26.0 Å². The fourth-order valence-corrected chi connectivity index (χ4v) is 1.74. The molecule has 3 N–H and O–H groups in total. The SMILES string of the molecule is CCOCCCNC(=O)NCCNC(=O)c1ccc(C)cc1. The summed E-state index contributed by atoms with van der Waals surface area (Å²) in [7, 11) is 0. The van der Waals surface area contributed by atoms with Gasteiger partial charge in [0.25, 0.3) is 5.91 Å². The number of nitrogens with one attached hydrogen (secondary N) is 3. The highest BCUT2D eigenvalue weighted by Gasteiger charge is 2.04. The highest BCUT2D eigenvalue weighted by Crippen LogP contribution is 2.02. The number of amides is 3. The van der Waals surface area contributed by atoms with Gasteiger partial charge in [-0.2, -0.15) is 0 Å². The number of ether oxygens (including phenoxy) is 1. The van der Waals surface area contributed by atoms with Gasteiger partial charge in [-0.1, -0.05) is 17.7 Å². The Kier molecular flexibility index (Phi) is 8.67. The van der Waals surface area contributed by atoms with Gasteiger partial charge in [0.05, 0.1) is 0 Å². The van der Waals surface area contributed by atoms with Crippen LogP contribution in [-0.4, -0.2) is 44.8 Å². The van der Waals surface area contributed by atoms with Crippen molar-refractivity contribution in [3.05, 3.63) is 35.4 Å². The highest BCUT2D eigenvalue weighted by atomic mass is 16.5. The van der Waals surface area contributed by atoms with Gasteiger partial charge in [0.2, 0.25) is 0 Å². The van der Waals surface area contributed by atoms with Crippen LogP contribution in [0.1, 0.15) is 29.3 Å². The van der Waals surface area contributed by atoms with Crippen molar-refractivity contribution in [3.63, 3.8) is 0 Å². The molecule has 0 heterocycles. The molecule has 0 saturated heterocycles. The number of urea groups is 1. The zero-order valence-corrected chi connectivity index (χ0v) is 13.3. The van der Waals surface area contributed by atoms with E-state index < -0.39 is 0 Å². The Labute approximate surface area is 131 Å². The molecule has 0 bridgehead atoms. The molecule has 1 aromatic carbocycles. The standard InChI is InChI=1S/C16H25N3O3/c1-3-22-12-4-9-18-16(21)19-11-10-17-15(20)14-7-5-13(2)6-8-14/h5-8H,3-4,9-12H2,1-2H3,(H,17,20)(H2,18,19,21). The number of benzene rings is 1. The Balaban J connectivity index is 2.08. The summed E-state index contributed by atoms with van der Waals surface area (Å²) in [6.07, 6.45) is 0.783. The van der Waals surface area contributed by atoms with Crippen LogP contribution in [0, 0.1) is 6.92 Å². The van der Waals surface area contributed by atoms with Crippen LogP contribution in [0.5, 0.6) is 0 Å². The summed E-state index contributed by atoms with van der Waals surface area (Å²) in [5, 5.41) is 8.17. The van der Waals surface area contributed by atoms with Gasteiger partial charge in [0, 0.05) is 38.4 Å². The molecule has 0 unspecified atom stereocenters. The number of hydrogen-bond acceptors (Lipinski definition) is 3. The van der Waals surface area contributed by atoms with Crippen LogP contribution in [0.2, 0.25) is 0 Å². The zero-order valence-electron chi connectivity index (χ0n) is 13.3. The molecule has 3 amide bonds. The number of aryl methyl sites for hydroxylation is 1. The lowest BCUT2D eigenvalue weighted by Gasteiger charge is -2.09. The van der Waals surface area contributed by atoms with Crippen LogP contribution in [0.15, 0.2) is 24.3 Å². The molecule has 6 nitrogen and oxygen atoms in total. The summed E-state index contributed by atoms with van der Waals surface area (Å²) < 4.78 is 5.17. The lowest BCUT2D eigenvalue weighted by molar-refractivity contribution is 0.0953. The Morgan fingerprint density at radius 3 is 2.32 bits per heavy atom. The van der Waals surface area contributed by atoms with E-state index in [2.05, 4.69) is 16.0 Å². The van der Waals surface area contributed by atoms with Gasteiger partial charge >= 0.3 is 6.03 Å². The molecule has 122 valence electrons. The smallest absolute Gasteiger partial charge is 0.314 e. The summed E-state index contributed by atoms with van der Waals surface area (Å²) in [6, 6.07) is 7.11. The second kappa shape index (κ2) is 10.6. The minimum absolute atomic E-state index is 0.140. The molecule has 6 heteroatoms. The second-order valence-electron chi connectivity index (χ2n) is 4.86. The normalized spacial score (nSPS) is 10.1. The Hall–Kier alpha value is -2.08. The van der Waals surface area contributed by atoms with Crippen LogP contribution in [-0.2, 0) is 4.74 Å². The predicted octanol–water partition coefficient (Wildman–Crippen LogP) is 1.45. The van der Waals surface area contributed by atoms with Crippen molar-refractivity contribution >= 4 is 11.9 Å². The molecule has 0 saturated carbocycles. The fraction of sp³-hybridized carbons (Fsp3) is 0.500. The average molecular weight is 307 g/mol. The highest BCUT2D eigenvalue weighted by molar-refractivity contribution is 5.94. The molecule has 22 heavy (non-hydrogen) atoms. The van der Waals surface area contributed by atoms with E-state index in [0.717, 1.165) is 12.0 Å². The number of hydrogen-bond donors (Lipinski definition) is 3. The number of carbonyl (C=O) groups excluding carboxylic acids is 2. The van der Waals surface area contributed by atoms with Crippen molar-refractivity contribution in [1.29, 1.82) is 0 Å². The van der Waals surface area contributed by atoms with E-state index in [1.54, 1.807) is 12.1 Å². The van der Waals surface area contributed by atoms with Gasteiger partial charge < -0.3 is 20.7 Å². The van der Waals surface area contributed by atoms with Crippen molar-refractivity contribution in [2.75, 3.05) is 32.8 Å². The largest absolute Gasteiger partial charge is 0.382 e. The van der Waals surface area contributed by atoms with Crippen LogP contribution in [0.25, 0.3) is 0 Å². The quantitative estimate of drug-likeness (QED) is 0.604. The van der Waals surface area contributed by atoms with E-state index in [1.165, 1.54) is 0 Å². The van der Waals surface area contributed by atoms with E-state index in [9.17, 15) is 9.59 Å². The van der Waals surface area contributed by atoms with Crippen LogP contribution in [0.4, 0.5) is 4.79 Å². The molecule has 1 rings (SSSR count). The summed E-state index contributed by atoms with van der Waals surface area (Å²) in [4.78, 5) is 23.3. The third-order valence-corrected chi connectivity index (χ3v) is 2.97. The van der Waals surface area contributed by atoms with Crippen molar-refractivity contribution in [1.82, 2.24) is 16.0 Å². The average Bonchev–Trinajstić information content (AvgIpc) is 2.52. The van der Waals surface area contributed by atoms with E-state index in [4.69, 9.17) is 4.74 Å². The number of rotatable bonds is 9. The fourth-order valence-electron chi connectivity index (χ4n) is 1.74. The maximum absolute atomic E-state index is 11.8. The van der Waals surface area contributed by atoms with Gasteiger partial charge in [-0.05, 0) is 32.4 Å². The van der Waals surface area contributed by atoms with Gasteiger partial charge in [-0.25, -0.2) is 4.79 Å². The minimum Gasteiger partial charge on any atom is -0.382 e. The van der Waals surface area contributed by atoms with Crippen LogP contribution >= 0.6 is 0 Å². The summed E-state index contributed by atoms with van der Waals surface area (Å²) in [5.41, 5.74) is 1.73. The molecular weight excluding hydrogens is 282 g/mol. The molecule has 0 aliphatic rings. The second-order valence-corrected chi connectivity index (χ2v) is 4.86. The minimum atomic E-state index is -0.235. The molecule has 0 spiro atoms. The maximum atomic E-state index is 11.8. The summed E-state index contributed by atoms with van der Waals surface area (Å²) in [6.45, 7) is 6.58. The molecule has 0 aliphatic carbocycles. The summed E-state index contributed by atoms with van der Waals surface area (Å²) in [5.74, 6) is -0.140. The molecular formula is C16H25N3O3. The molecule has 0 fully saturated rings. The van der Waals surface area contributed by atoms with Gasteiger partial charge in [0.15, 0.2) is 0 Å². The monoisotopic (exact) mass is 307 g/mol. The molecule has 0 aromatic heterocycles. The molecule has 0 atom stereocenters. The molecule has 0 radical (unpaired) electrons. The zero-order chi connectivity index (χ0) is 16.2. The topological polar surface area (TPSA) is 79.5 Å². The maximum Gasteiger partial charge on any atom is 0.314 e. The molecule has 1 aromatic rings. The van der Waals surface area contributed by atoms with E-state index in [-0.39, 0.29) is 11.9 Å². The lowest BCUT2D eigenvalue weighted by Crippen LogP contribution is -2.40. The summed E-state index contributed by atoms with van der Waals surface area (Å²) >= 11 is 0. The van der Waals surface area contributed by atoms with E-state index >= 15 is 0 Å². The van der Waals surface area contributed by atoms with Gasteiger partial charge in [-0.15, -0.1) is 0 Å². The first-order chi connectivity index (χ1) is 10.6. The van der Waals surface area contributed by atoms with Crippen molar-refractivity contribution in [2.45, 2.75) is 20.3 Å². The lowest BCUT2D eigenvalue weighted by atomic mass is 10.1. The van der Waals surface area contributed by atoms with Gasteiger partial charge in [0.1, 0.15) is 0 Å². The van der Waals surface area contributed by atoms with Crippen LogP contribution in [0.3, 0.4) is 0 Å². The third-order valence-electron chi connectivity index (χ3n) is 2.97. The number of carbonyl (C=O) groups is 2. The van der Waals surface area contributed by atoms with Crippen molar-refractivity contribution < 1.29 is 14.3 Å². The first-order valence-electron chi connectivity index (χ1n) is 7.57.